The van der Waals surface area contributed by atoms with E-state index in [0.29, 0.717) is 40.1 Å². The number of rotatable bonds is 5. The summed E-state index contributed by atoms with van der Waals surface area (Å²) in [5, 5.41) is 11.7. The summed E-state index contributed by atoms with van der Waals surface area (Å²) in [4.78, 5) is 6.78. The molecule has 0 saturated carbocycles. The molecule has 2 aliphatic heterocycles. The van der Waals surface area contributed by atoms with Crippen molar-refractivity contribution in [1.29, 1.82) is 5.26 Å². The van der Waals surface area contributed by atoms with E-state index in [1.807, 2.05) is 16.0 Å². The molecule has 1 fully saturated rings. The van der Waals surface area contributed by atoms with E-state index in [1.54, 1.807) is 38.5 Å². The molecule has 1 N–H and O–H groups in total. The van der Waals surface area contributed by atoms with Gasteiger partial charge in [0, 0.05) is 12.1 Å². The van der Waals surface area contributed by atoms with Crippen molar-refractivity contribution in [3.63, 3.8) is 0 Å². The molecule has 2 heterocycles. The van der Waals surface area contributed by atoms with Gasteiger partial charge in [0.25, 0.3) is 0 Å². The number of nitrogens with zero attached hydrogens (tertiary/aromatic N) is 4. The molecule has 0 aliphatic carbocycles. The van der Waals surface area contributed by atoms with Gasteiger partial charge in [0.1, 0.15) is 29.2 Å². The minimum Gasteiger partial charge on any atom is -0.496 e. The van der Waals surface area contributed by atoms with Gasteiger partial charge in [0.15, 0.2) is 5.11 Å². The van der Waals surface area contributed by atoms with Crippen molar-refractivity contribution < 1.29 is 13.9 Å². The van der Waals surface area contributed by atoms with Gasteiger partial charge in [-0.15, -0.1) is 0 Å². The molecule has 0 amide bonds. The number of halogens is 1. The lowest BCUT2D eigenvalue weighted by Crippen LogP contribution is -2.43. The fraction of sp³-hybridized carbons (Fsp3) is 0.318. The maximum absolute atomic E-state index is 15.1. The van der Waals surface area contributed by atoms with Crippen LogP contribution in [0.25, 0.3) is 0 Å². The summed E-state index contributed by atoms with van der Waals surface area (Å²) < 4.78 is 26.4. The molecule has 1 unspecified atom stereocenters. The van der Waals surface area contributed by atoms with Crippen LogP contribution in [0.2, 0.25) is 0 Å². The first-order chi connectivity index (χ1) is 15.0. The number of thiocarbonyl (C=S) groups is 1. The van der Waals surface area contributed by atoms with Gasteiger partial charge in [-0.1, -0.05) is 6.92 Å². The zero-order valence-electron chi connectivity index (χ0n) is 17.5. The van der Waals surface area contributed by atoms with E-state index in [2.05, 4.69) is 12.3 Å². The number of hydrazine groups is 1. The van der Waals surface area contributed by atoms with E-state index in [1.165, 1.54) is 6.07 Å². The summed E-state index contributed by atoms with van der Waals surface area (Å²) in [6, 6.07) is 9.90. The van der Waals surface area contributed by atoms with Crippen LogP contribution in [0.3, 0.4) is 0 Å². The normalized spacial score (nSPS) is 17.8. The SMILES string of the molecule is CCCN1NC(=S)N2c3c(OC)ccc(OC)c3C(c3ccc(C#N)cc3F)=NCC12. The van der Waals surface area contributed by atoms with Crippen LogP contribution in [0.5, 0.6) is 11.5 Å². The van der Waals surface area contributed by atoms with E-state index in [0.717, 1.165) is 13.0 Å². The molecule has 1 saturated heterocycles. The van der Waals surface area contributed by atoms with Crippen LogP contribution in [0.15, 0.2) is 35.3 Å². The third kappa shape index (κ3) is 3.48. The fourth-order valence-electron chi connectivity index (χ4n) is 4.01. The Labute approximate surface area is 185 Å². The van der Waals surface area contributed by atoms with Crippen molar-refractivity contribution in [2.75, 3.05) is 32.2 Å². The molecule has 4 rings (SSSR count). The molecule has 7 nitrogen and oxygen atoms in total. The number of ether oxygens (including phenoxy) is 2. The minimum atomic E-state index is -0.526. The highest BCUT2D eigenvalue weighted by Gasteiger charge is 2.42. The van der Waals surface area contributed by atoms with Crippen molar-refractivity contribution in [2.45, 2.75) is 19.5 Å². The molecule has 1 atom stereocenters. The van der Waals surface area contributed by atoms with Gasteiger partial charge < -0.3 is 9.47 Å². The van der Waals surface area contributed by atoms with E-state index in [-0.39, 0.29) is 17.3 Å². The number of nitriles is 1. The minimum absolute atomic E-state index is 0.203. The highest BCUT2D eigenvalue weighted by molar-refractivity contribution is 7.80. The summed E-state index contributed by atoms with van der Waals surface area (Å²) in [5.74, 6) is 0.574. The van der Waals surface area contributed by atoms with Crippen molar-refractivity contribution in [3.05, 3.63) is 52.8 Å². The molecule has 2 aromatic carbocycles. The zero-order valence-corrected chi connectivity index (χ0v) is 18.3. The number of methoxy groups -OCH3 is 2. The molecule has 2 aliphatic rings. The molecule has 0 aromatic heterocycles. The maximum atomic E-state index is 15.1. The zero-order chi connectivity index (χ0) is 22.1. The third-order valence-electron chi connectivity index (χ3n) is 5.37. The van der Waals surface area contributed by atoms with Crippen LogP contribution in [0, 0.1) is 17.1 Å². The molecular weight excluding hydrogens is 417 g/mol. The monoisotopic (exact) mass is 439 g/mol. The Kier molecular flexibility index (Phi) is 5.76. The Bertz CT molecular complexity index is 1110. The van der Waals surface area contributed by atoms with Gasteiger partial charge in [-0.3, -0.25) is 15.3 Å². The van der Waals surface area contributed by atoms with Crippen molar-refractivity contribution in [1.82, 2.24) is 10.4 Å². The van der Waals surface area contributed by atoms with Crippen LogP contribution < -0.4 is 19.8 Å². The number of nitrogens with one attached hydrogen (secondary N) is 1. The largest absolute Gasteiger partial charge is 0.496 e. The number of anilines is 1. The highest BCUT2D eigenvalue weighted by Crippen LogP contribution is 2.43. The predicted molar refractivity (Wildman–Crippen MR) is 120 cm³/mol. The lowest BCUT2D eigenvalue weighted by molar-refractivity contribution is 0.203. The first-order valence-electron chi connectivity index (χ1n) is 9.90. The van der Waals surface area contributed by atoms with Crippen LogP contribution in [-0.2, 0) is 0 Å². The smallest absolute Gasteiger partial charge is 0.189 e. The van der Waals surface area contributed by atoms with Crippen LogP contribution in [0.1, 0.15) is 30.0 Å². The summed E-state index contributed by atoms with van der Waals surface area (Å²) >= 11 is 5.66. The quantitative estimate of drug-likeness (QED) is 0.717. The third-order valence-corrected chi connectivity index (χ3v) is 5.65. The van der Waals surface area contributed by atoms with Gasteiger partial charge in [-0.2, -0.15) is 10.3 Å². The first-order valence-corrected chi connectivity index (χ1v) is 10.3. The van der Waals surface area contributed by atoms with Crippen LogP contribution in [0.4, 0.5) is 10.1 Å². The molecule has 160 valence electrons. The van der Waals surface area contributed by atoms with E-state index in [4.69, 9.17) is 31.9 Å². The van der Waals surface area contributed by atoms with E-state index < -0.39 is 5.82 Å². The number of aliphatic imine (C=N–C) groups is 1. The first kappa shape index (κ1) is 21.0. The van der Waals surface area contributed by atoms with Crippen LogP contribution >= 0.6 is 12.2 Å². The van der Waals surface area contributed by atoms with Gasteiger partial charge >= 0.3 is 0 Å². The topological polar surface area (TPSA) is 73.1 Å². The highest BCUT2D eigenvalue weighted by atomic mass is 32.1. The standard InChI is InChI=1S/C22H22FN5O2S/c1-4-9-27-18-12-25-20(14-6-5-13(11-24)10-15(14)23)19-16(29-2)7-8-17(30-3)21(19)28(18)22(31)26-27/h5-8,10,18H,4,9,12H2,1-3H3,(H,26,31). The Balaban J connectivity index is 1.99. The number of hydrogen-bond acceptors (Lipinski definition) is 6. The maximum Gasteiger partial charge on any atom is 0.189 e. The Morgan fingerprint density at radius 2 is 2.00 bits per heavy atom. The second-order valence-electron chi connectivity index (χ2n) is 7.15. The average Bonchev–Trinajstić information content (AvgIpc) is 2.97. The second-order valence-corrected chi connectivity index (χ2v) is 7.54. The van der Waals surface area contributed by atoms with Gasteiger partial charge in [0.05, 0.1) is 43.7 Å². The summed E-state index contributed by atoms with van der Waals surface area (Å²) in [5.41, 5.74) is 5.47. The molecule has 9 heteroatoms. The van der Waals surface area contributed by atoms with Crippen molar-refractivity contribution >= 4 is 28.7 Å². The van der Waals surface area contributed by atoms with Gasteiger partial charge in [-0.05, 0) is 49.0 Å². The Morgan fingerprint density at radius 3 is 2.65 bits per heavy atom. The fourth-order valence-corrected chi connectivity index (χ4v) is 4.34. The lowest BCUT2D eigenvalue weighted by atomic mass is 9.97. The Morgan fingerprint density at radius 1 is 1.26 bits per heavy atom. The summed E-state index contributed by atoms with van der Waals surface area (Å²) in [6.45, 7) is 3.20. The van der Waals surface area contributed by atoms with E-state index >= 15 is 4.39 Å². The lowest BCUT2D eigenvalue weighted by Gasteiger charge is -2.28. The average molecular weight is 440 g/mol. The molecule has 0 radical (unpaired) electrons. The molecule has 0 spiro atoms. The van der Waals surface area contributed by atoms with E-state index in [9.17, 15) is 0 Å². The van der Waals surface area contributed by atoms with Gasteiger partial charge in [-0.25, -0.2) is 4.39 Å². The molecule has 31 heavy (non-hydrogen) atoms. The molecule has 2 aromatic rings. The summed E-state index contributed by atoms with van der Waals surface area (Å²) in [6.07, 6.45) is 0.717. The number of benzene rings is 2. The molecular formula is C22H22FN5O2S. The number of hydrogen-bond donors (Lipinski definition) is 1. The van der Waals surface area contributed by atoms with Gasteiger partial charge in [0.2, 0.25) is 0 Å². The Hall–Kier alpha value is -3.22. The van der Waals surface area contributed by atoms with Crippen molar-refractivity contribution in [3.8, 4) is 17.6 Å². The van der Waals surface area contributed by atoms with Crippen LogP contribution in [-0.4, -0.2) is 49.3 Å². The molecule has 0 bridgehead atoms. The predicted octanol–water partition coefficient (Wildman–Crippen LogP) is 3.21. The number of fused-ring (bicyclic) bond motifs is 3. The van der Waals surface area contributed by atoms with Crippen molar-refractivity contribution in [2.24, 2.45) is 4.99 Å². The summed E-state index contributed by atoms with van der Waals surface area (Å²) in [7, 11) is 3.14. The second kappa shape index (κ2) is 8.49.